The van der Waals surface area contributed by atoms with E-state index in [-0.39, 0.29) is 0 Å². The summed E-state index contributed by atoms with van der Waals surface area (Å²) in [5.41, 5.74) is 1.99. The normalized spacial score (nSPS) is 11.1. The fourth-order valence-corrected chi connectivity index (χ4v) is 1.90. The predicted molar refractivity (Wildman–Crippen MR) is 63.4 cm³/mol. The lowest BCUT2D eigenvalue weighted by atomic mass is 10.3. The van der Waals surface area contributed by atoms with Crippen LogP contribution < -0.4 is 5.32 Å². The molecule has 2 rings (SSSR count). The molecule has 1 aromatic heterocycles. The number of aromatic nitrogens is 2. The Morgan fingerprint density at radius 1 is 1.47 bits per heavy atom. The zero-order chi connectivity index (χ0) is 10.8. The van der Waals surface area contributed by atoms with Crippen LogP contribution in [0.2, 0.25) is 5.02 Å². The topological polar surface area (TPSA) is 29.9 Å². The molecule has 0 fully saturated rings. The van der Waals surface area contributed by atoms with Gasteiger partial charge in [0.1, 0.15) is 11.3 Å². The van der Waals surface area contributed by atoms with Crippen LogP contribution in [-0.2, 0) is 13.5 Å². The van der Waals surface area contributed by atoms with Crippen LogP contribution in [-0.4, -0.2) is 23.1 Å². The third-order valence-electron chi connectivity index (χ3n) is 2.55. The Kier molecular flexibility index (Phi) is 2.93. The maximum absolute atomic E-state index is 6.08. The Morgan fingerprint density at radius 3 is 2.93 bits per heavy atom. The van der Waals surface area contributed by atoms with E-state index in [2.05, 4.69) is 14.9 Å². The first-order valence-electron chi connectivity index (χ1n) is 4.98. The summed E-state index contributed by atoms with van der Waals surface area (Å²) < 4.78 is 2.10. The fraction of sp³-hybridized carbons (Fsp3) is 0.364. The van der Waals surface area contributed by atoms with Gasteiger partial charge in [0.2, 0.25) is 0 Å². The third kappa shape index (κ3) is 1.85. The van der Waals surface area contributed by atoms with Gasteiger partial charge in [-0.25, -0.2) is 4.98 Å². The van der Waals surface area contributed by atoms with Gasteiger partial charge in [-0.3, -0.25) is 0 Å². The van der Waals surface area contributed by atoms with Gasteiger partial charge < -0.3 is 9.88 Å². The molecule has 0 aliphatic carbocycles. The maximum atomic E-state index is 6.08. The Labute approximate surface area is 94.1 Å². The number of para-hydroxylation sites is 1. The summed E-state index contributed by atoms with van der Waals surface area (Å²) in [7, 11) is 3.96. The summed E-state index contributed by atoms with van der Waals surface area (Å²) in [6, 6.07) is 5.87. The summed E-state index contributed by atoms with van der Waals surface area (Å²) >= 11 is 6.08. The molecule has 0 amide bonds. The van der Waals surface area contributed by atoms with Crippen molar-refractivity contribution in [3.05, 3.63) is 29.0 Å². The van der Waals surface area contributed by atoms with Crippen LogP contribution in [0.4, 0.5) is 0 Å². The van der Waals surface area contributed by atoms with E-state index in [1.807, 2.05) is 32.3 Å². The van der Waals surface area contributed by atoms with Crippen molar-refractivity contribution in [2.45, 2.75) is 6.42 Å². The second-order valence-electron chi connectivity index (χ2n) is 3.55. The maximum Gasteiger partial charge on any atom is 0.110 e. The van der Waals surface area contributed by atoms with Crippen LogP contribution in [0.5, 0.6) is 0 Å². The average Bonchev–Trinajstić information content (AvgIpc) is 2.55. The Hall–Kier alpha value is -1.06. The number of aryl methyl sites for hydroxylation is 1. The Balaban J connectivity index is 2.49. The molecule has 0 spiro atoms. The van der Waals surface area contributed by atoms with Crippen molar-refractivity contribution in [2.24, 2.45) is 7.05 Å². The van der Waals surface area contributed by atoms with Gasteiger partial charge in [-0.05, 0) is 19.2 Å². The van der Waals surface area contributed by atoms with Crippen molar-refractivity contribution >= 4 is 22.6 Å². The van der Waals surface area contributed by atoms with E-state index in [0.29, 0.717) is 0 Å². The summed E-state index contributed by atoms with van der Waals surface area (Å²) in [6.07, 6.45) is 0.915. The highest BCUT2D eigenvalue weighted by Gasteiger charge is 2.08. The molecule has 80 valence electrons. The van der Waals surface area contributed by atoms with Crippen LogP contribution in [0.25, 0.3) is 11.0 Å². The fourth-order valence-electron chi connectivity index (χ4n) is 1.69. The minimum absolute atomic E-state index is 0.721. The molecule has 0 radical (unpaired) electrons. The van der Waals surface area contributed by atoms with Crippen LogP contribution in [0.3, 0.4) is 0 Å². The monoisotopic (exact) mass is 223 g/mol. The number of hydrogen-bond acceptors (Lipinski definition) is 2. The second-order valence-corrected chi connectivity index (χ2v) is 3.96. The van der Waals surface area contributed by atoms with Crippen molar-refractivity contribution < 1.29 is 0 Å². The van der Waals surface area contributed by atoms with Crippen molar-refractivity contribution in [3.8, 4) is 0 Å². The molecule has 3 nitrogen and oxygen atoms in total. The summed E-state index contributed by atoms with van der Waals surface area (Å²) in [6.45, 7) is 0.925. The summed E-state index contributed by atoms with van der Waals surface area (Å²) in [5.74, 6) is 1.06. The zero-order valence-electron chi connectivity index (χ0n) is 8.92. The van der Waals surface area contributed by atoms with Crippen molar-refractivity contribution in [1.82, 2.24) is 14.9 Å². The van der Waals surface area contributed by atoms with Gasteiger partial charge in [-0.15, -0.1) is 0 Å². The minimum Gasteiger partial charge on any atom is -0.331 e. The number of halogens is 1. The first-order valence-corrected chi connectivity index (χ1v) is 5.36. The molecular formula is C11H14ClN3. The van der Waals surface area contributed by atoms with E-state index in [0.717, 1.165) is 34.8 Å². The Bertz CT molecular complexity index is 476. The average molecular weight is 224 g/mol. The van der Waals surface area contributed by atoms with E-state index < -0.39 is 0 Å². The molecule has 0 aliphatic heterocycles. The van der Waals surface area contributed by atoms with Crippen LogP contribution in [0.1, 0.15) is 5.82 Å². The number of imidazole rings is 1. The number of likely N-dealkylation sites (N-methyl/N-ethyl adjacent to an activating group) is 1. The molecule has 1 heterocycles. The Morgan fingerprint density at radius 2 is 2.27 bits per heavy atom. The van der Waals surface area contributed by atoms with Crippen LogP contribution >= 0.6 is 11.6 Å². The molecular weight excluding hydrogens is 210 g/mol. The van der Waals surface area contributed by atoms with Gasteiger partial charge in [0.05, 0.1) is 10.5 Å². The minimum atomic E-state index is 0.721. The number of benzene rings is 1. The smallest absolute Gasteiger partial charge is 0.110 e. The molecule has 0 bridgehead atoms. The van der Waals surface area contributed by atoms with E-state index >= 15 is 0 Å². The molecule has 0 saturated heterocycles. The number of rotatable bonds is 3. The zero-order valence-corrected chi connectivity index (χ0v) is 9.67. The first kappa shape index (κ1) is 10.5. The molecule has 0 saturated carbocycles. The molecule has 1 aromatic carbocycles. The highest BCUT2D eigenvalue weighted by molar-refractivity contribution is 6.34. The molecule has 15 heavy (non-hydrogen) atoms. The van der Waals surface area contributed by atoms with E-state index in [1.54, 1.807) is 0 Å². The molecule has 0 atom stereocenters. The van der Waals surface area contributed by atoms with Gasteiger partial charge in [-0.1, -0.05) is 17.7 Å². The van der Waals surface area contributed by atoms with Gasteiger partial charge in [-0.2, -0.15) is 0 Å². The van der Waals surface area contributed by atoms with Gasteiger partial charge in [0, 0.05) is 20.0 Å². The molecule has 0 unspecified atom stereocenters. The van der Waals surface area contributed by atoms with E-state index in [9.17, 15) is 0 Å². The van der Waals surface area contributed by atoms with Crippen LogP contribution in [0.15, 0.2) is 18.2 Å². The lowest BCUT2D eigenvalue weighted by molar-refractivity contribution is 0.726. The van der Waals surface area contributed by atoms with E-state index in [1.165, 1.54) is 0 Å². The second kappa shape index (κ2) is 4.21. The highest BCUT2D eigenvalue weighted by atomic mass is 35.5. The van der Waals surface area contributed by atoms with Gasteiger partial charge in [0.25, 0.3) is 0 Å². The molecule has 4 heteroatoms. The van der Waals surface area contributed by atoms with Crippen LogP contribution in [0, 0.1) is 0 Å². The van der Waals surface area contributed by atoms with Gasteiger partial charge >= 0.3 is 0 Å². The van der Waals surface area contributed by atoms with Crippen molar-refractivity contribution in [1.29, 1.82) is 0 Å². The number of nitrogens with one attached hydrogen (secondary N) is 1. The molecule has 2 aromatic rings. The number of hydrogen-bond donors (Lipinski definition) is 1. The van der Waals surface area contributed by atoms with Gasteiger partial charge in [0.15, 0.2) is 0 Å². The quantitative estimate of drug-likeness (QED) is 0.863. The number of fused-ring (bicyclic) bond motifs is 1. The first-order chi connectivity index (χ1) is 7.24. The molecule has 1 N–H and O–H groups in total. The standard InChI is InChI=1S/C11H14ClN3/c1-13-7-6-10-14-11-8(12)4-3-5-9(11)15(10)2/h3-5,13H,6-7H2,1-2H3. The van der Waals surface area contributed by atoms with Crippen molar-refractivity contribution in [2.75, 3.05) is 13.6 Å². The van der Waals surface area contributed by atoms with Crippen molar-refractivity contribution in [3.63, 3.8) is 0 Å². The predicted octanol–water partition coefficient (Wildman–Crippen LogP) is 1.99. The SMILES string of the molecule is CNCCc1nc2c(Cl)cccc2n1C. The van der Waals surface area contributed by atoms with E-state index in [4.69, 9.17) is 11.6 Å². The summed E-state index contributed by atoms with van der Waals surface area (Å²) in [5, 5.41) is 3.84. The third-order valence-corrected chi connectivity index (χ3v) is 2.86. The largest absolute Gasteiger partial charge is 0.331 e. The lowest BCUT2D eigenvalue weighted by Gasteiger charge is -2.00. The number of nitrogens with zero attached hydrogens (tertiary/aromatic N) is 2. The highest BCUT2D eigenvalue weighted by Crippen LogP contribution is 2.22. The molecule has 0 aliphatic rings. The lowest BCUT2D eigenvalue weighted by Crippen LogP contribution is -2.12. The summed E-state index contributed by atoms with van der Waals surface area (Å²) in [4.78, 5) is 4.54.